The number of hydrogen-bond donors (Lipinski definition) is 3. The minimum absolute atomic E-state index is 0.0204. The van der Waals surface area contributed by atoms with Gasteiger partial charge in [-0.3, -0.25) is 14.4 Å². The normalized spacial score (nSPS) is 23.0. The first-order valence-electron chi connectivity index (χ1n) is 18.2. The van der Waals surface area contributed by atoms with Gasteiger partial charge in [0.05, 0.1) is 23.3 Å². The highest BCUT2D eigenvalue weighted by atomic mass is 16.5. The molecule has 0 bridgehead atoms. The second-order valence-electron chi connectivity index (χ2n) is 14.5. The maximum atomic E-state index is 13.4. The predicted octanol–water partition coefficient (Wildman–Crippen LogP) is 4.53. The van der Waals surface area contributed by atoms with Gasteiger partial charge in [-0.15, -0.1) is 0 Å². The number of anilines is 2. The summed E-state index contributed by atoms with van der Waals surface area (Å²) in [5.41, 5.74) is 9.15. The number of primary amides is 1. The SMILES string of the molecule is C[C@H](NC(=O)c1ccc(N2CCCC3CC(NC(=O)c4ccc(C(N)=O)c(OC5CCC5)c4)CC32)nc1)c1ccc(N2CCN(C)CC2)cc1. The van der Waals surface area contributed by atoms with E-state index in [4.69, 9.17) is 15.5 Å². The van der Waals surface area contributed by atoms with Crippen molar-refractivity contribution >= 4 is 29.2 Å². The van der Waals surface area contributed by atoms with E-state index < -0.39 is 5.91 Å². The lowest BCUT2D eigenvalue weighted by Gasteiger charge is -2.38. The van der Waals surface area contributed by atoms with E-state index in [9.17, 15) is 14.4 Å². The van der Waals surface area contributed by atoms with Gasteiger partial charge in [0.15, 0.2) is 0 Å². The van der Waals surface area contributed by atoms with Crippen LogP contribution in [-0.4, -0.2) is 85.6 Å². The van der Waals surface area contributed by atoms with Crippen molar-refractivity contribution in [3.8, 4) is 5.75 Å². The summed E-state index contributed by atoms with van der Waals surface area (Å²) in [6.07, 6.45) is 8.57. The lowest BCUT2D eigenvalue weighted by atomic mass is 9.92. The molecule has 1 aromatic heterocycles. The minimum atomic E-state index is -0.564. The average molecular weight is 680 g/mol. The molecule has 2 aliphatic carbocycles. The summed E-state index contributed by atoms with van der Waals surface area (Å²) in [5, 5.41) is 6.38. The van der Waals surface area contributed by atoms with E-state index in [0.717, 1.165) is 89.1 Å². The molecule has 3 amide bonds. The molecule has 7 rings (SSSR count). The lowest BCUT2D eigenvalue weighted by molar-refractivity contribution is 0.0924. The largest absolute Gasteiger partial charge is 0.490 e. The molecule has 3 aromatic rings. The summed E-state index contributed by atoms with van der Waals surface area (Å²) >= 11 is 0. The molecule has 50 heavy (non-hydrogen) atoms. The van der Waals surface area contributed by atoms with Crippen LogP contribution in [0.2, 0.25) is 0 Å². The van der Waals surface area contributed by atoms with Crippen LogP contribution in [0, 0.1) is 5.92 Å². The number of ether oxygens (including phenoxy) is 1. The lowest BCUT2D eigenvalue weighted by Crippen LogP contribution is -2.44. The van der Waals surface area contributed by atoms with E-state index in [1.807, 2.05) is 19.1 Å². The van der Waals surface area contributed by atoms with Crippen LogP contribution in [0.3, 0.4) is 0 Å². The average Bonchev–Trinajstić information content (AvgIpc) is 3.52. The van der Waals surface area contributed by atoms with Crippen LogP contribution in [0.1, 0.15) is 94.5 Å². The van der Waals surface area contributed by atoms with E-state index >= 15 is 0 Å². The zero-order valence-electron chi connectivity index (χ0n) is 29.1. The van der Waals surface area contributed by atoms with E-state index in [-0.39, 0.29) is 36.0 Å². The molecule has 11 nitrogen and oxygen atoms in total. The van der Waals surface area contributed by atoms with Crippen molar-refractivity contribution in [1.29, 1.82) is 0 Å². The summed E-state index contributed by atoms with van der Waals surface area (Å²) in [6, 6.07) is 17.3. The van der Waals surface area contributed by atoms with Crippen molar-refractivity contribution in [2.24, 2.45) is 11.7 Å². The van der Waals surface area contributed by atoms with E-state index in [1.165, 1.54) is 5.69 Å². The van der Waals surface area contributed by atoms with Gasteiger partial charge in [0.25, 0.3) is 17.7 Å². The highest BCUT2D eigenvalue weighted by Gasteiger charge is 2.41. The molecule has 4 aliphatic rings. The molecule has 4 N–H and O–H groups in total. The number of carbonyl (C=O) groups is 3. The molecule has 4 atom stereocenters. The Hall–Kier alpha value is -4.64. The van der Waals surface area contributed by atoms with Crippen molar-refractivity contribution in [3.05, 3.63) is 83.0 Å². The maximum absolute atomic E-state index is 13.4. The number of benzene rings is 2. The summed E-state index contributed by atoms with van der Waals surface area (Å²) < 4.78 is 6.01. The standard InChI is InChI=1S/C39H49N7O4/c1-25(26-8-12-31(13-9-26)45-19-17-44(2)18-20-45)42-39(49)29-11-15-36(41-24-29)46-16-4-5-27-21-30(23-34(27)46)43-38(48)28-10-14-33(37(40)47)35(22-28)50-32-6-3-7-32/h8-15,22,24-25,27,30,32,34H,3-7,16-21,23H2,1-2H3,(H2,40,47)(H,42,49)(H,43,48)/t25-,27?,30?,34?/m0/s1. The highest BCUT2D eigenvalue weighted by molar-refractivity contribution is 5.99. The van der Waals surface area contributed by atoms with Crippen LogP contribution in [-0.2, 0) is 0 Å². The molecule has 2 aliphatic heterocycles. The van der Waals surface area contributed by atoms with Gasteiger partial charge in [0.1, 0.15) is 11.6 Å². The molecule has 3 heterocycles. The molecule has 3 unspecified atom stereocenters. The minimum Gasteiger partial charge on any atom is -0.490 e. The van der Waals surface area contributed by atoms with Gasteiger partial charge in [0.2, 0.25) is 0 Å². The predicted molar refractivity (Wildman–Crippen MR) is 194 cm³/mol. The third-order valence-electron chi connectivity index (χ3n) is 11.1. The highest BCUT2D eigenvalue weighted by Crippen LogP contribution is 2.39. The zero-order chi connectivity index (χ0) is 34.8. The fourth-order valence-electron chi connectivity index (χ4n) is 7.88. The summed E-state index contributed by atoms with van der Waals surface area (Å²) in [6.45, 7) is 7.06. The quantitative estimate of drug-likeness (QED) is 0.285. The Kier molecular flexibility index (Phi) is 9.94. The van der Waals surface area contributed by atoms with Crippen LogP contribution in [0.4, 0.5) is 11.5 Å². The number of amides is 3. The molecular formula is C39H49N7O4. The second kappa shape index (κ2) is 14.7. The Morgan fingerprint density at radius 2 is 1.64 bits per heavy atom. The van der Waals surface area contributed by atoms with Crippen molar-refractivity contribution < 1.29 is 19.1 Å². The number of rotatable bonds is 10. The third-order valence-corrected chi connectivity index (χ3v) is 11.1. The van der Waals surface area contributed by atoms with Gasteiger partial charge in [0, 0.05) is 62.3 Å². The molecule has 0 radical (unpaired) electrons. The topological polar surface area (TPSA) is 133 Å². The first-order valence-corrected chi connectivity index (χ1v) is 18.2. The smallest absolute Gasteiger partial charge is 0.253 e. The van der Waals surface area contributed by atoms with Gasteiger partial charge in [-0.05, 0) is 113 Å². The number of nitrogens with one attached hydrogen (secondary N) is 2. The Morgan fingerprint density at radius 3 is 2.32 bits per heavy atom. The van der Waals surface area contributed by atoms with E-state index in [2.05, 4.69) is 56.6 Å². The number of likely N-dealkylation sites (N-methyl/N-ethyl adjacent to an activating group) is 1. The Labute approximate surface area is 294 Å². The van der Waals surface area contributed by atoms with Crippen LogP contribution in [0.25, 0.3) is 0 Å². The monoisotopic (exact) mass is 679 g/mol. The fourth-order valence-corrected chi connectivity index (χ4v) is 7.88. The molecular weight excluding hydrogens is 630 g/mol. The van der Waals surface area contributed by atoms with E-state index in [0.29, 0.717) is 28.4 Å². The number of nitrogens with two attached hydrogens (primary N) is 1. The number of pyridine rings is 1. The number of hydrogen-bond acceptors (Lipinski definition) is 8. The molecule has 4 fully saturated rings. The van der Waals surface area contributed by atoms with Gasteiger partial charge in [-0.1, -0.05) is 12.1 Å². The van der Waals surface area contributed by atoms with Gasteiger partial charge < -0.3 is 35.8 Å². The zero-order valence-corrected chi connectivity index (χ0v) is 29.1. The van der Waals surface area contributed by atoms with E-state index in [1.54, 1.807) is 24.4 Å². The van der Waals surface area contributed by atoms with Gasteiger partial charge in [-0.2, -0.15) is 0 Å². The van der Waals surface area contributed by atoms with Crippen molar-refractivity contribution in [3.63, 3.8) is 0 Å². The first-order chi connectivity index (χ1) is 24.2. The molecule has 2 aromatic carbocycles. The number of nitrogens with zero attached hydrogens (tertiary/aromatic N) is 4. The molecule has 2 saturated heterocycles. The Bertz CT molecular complexity index is 1690. The van der Waals surface area contributed by atoms with Crippen LogP contribution in [0.5, 0.6) is 5.75 Å². The van der Waals surface area contributed by atoms with Gasteiger partial charge >= 0.3 is 0 Å². The summed E-state index contributed by atoms with van der Waals surface area (Å²) in [4.78, 5) is 50.4. The third kappa shape index (κ3) is 7.43. The van der Waals surface area contributed by atoms with Crippen LogP contribution < -0.4 is 30.9 Å². The number of aromatic nitrogens is 1. The molecule has 11 heteroatoms. The van der Waals surface area contributed by atoms with Crippen molar-refractivity contribution in [1.82, 2.24) is 20.5 Å². The first kappa shape index (κ1) is 33.8. The number of piperazine rings is 1. The van der Waals surface area contributed by atoms with Crippen LogP contribution >= 0.6 is 0 Å². The Balaban J connectivity index is 0.944. The number of carbonyl (C=O) groups excluding carboxylic acids is 3. The van der Waals surface area contributed by atoms with Crippen molar-refractivity contribution in [2.75, 3.05) is 49.6 Å². The molecule has 2 saturated carbocycles. The van der Waals surface area contributed by atoms with Crippen LogP contribution in [0.15, 0.2) is 60.8 Å². The molecule has 264 valence electrons. The van der Waals surface area contributed by atoms with Crippen molar-refractivity contribution in [2.45, 2.75) is 76.1 Å². The molecule has 0 spiro atoms. The Morgan fingerprint density at radius 1 is 0.880 bits per heavy atom. The maximum Gasteiger partial charge on any atom is 0.253 e. The number of piperidine rings is 1. The summed E-state index contributed by atoms with van der Waals surface area (Å²) in [5.74, 6) is 0.792. The fraction of sp³-hybridized carbons (Fsp3) is 0.487. The summed E-state index contributed by atoms with van der Waals surface area (Å²) in [7, 11) is 2.16. The second-order valence-corrected chi connectivity index (χ2v) is 14.5. The number of fused-ring (bicyclic) bond motifs is 1. The van der Waals surface area contributed by atoms with Gasteiger partial charge in [-0.25, -0.2) is 4.98 Å².